The van der Waals surface area contributed by atoms with Gasteiger partial charge in [0.15, 0.2) is 5.82 Å². The molecule has 2 aromatic rings. The van der Waals surface area contributed by atoms with Gasteiger partial charge in [-0.2, -0.15) is 13.5 Å². The number of hydrogen-bond acceptors (Lipinski definition) is 5. The van der Waals surface area contributed by atoms with E-state index in [0.717, 1.165) is 10.6 Å². The van der Waals surface area contributed by atoms with Gasteiger partial charge in [0, 0.05) is 19.0 Å². The highest BCUT2D eigenvalue weighted by molar-refractivity contribution is 7.87. The number of carbonyl (C=O) groups excluding carboxylic acids is 1. The Balaban J connectivity index is 1.86. The Kier molecular flexibility index (Phi) is 3.09. The molecule has 0 spiro atoms. The molecule has 1 aliphatic rings. The molecule has 0 radical (unpaired) electrons. The predicted octanol–water partition coefficient (Wildman–Crippen LogP) is 1.54. The number of thiophene rings is 1. The van der Waals surface area contributed by atoms with Crippen LogP contribution in [0.15, 0.2) is 23.6 Å². The monoisotopic (exact) mass is 315 g/mol. The fraction of sp³-hybridized carbons (Fsp3) is 0.273. The minimum atomic E-state index is -4.71. The molecule has 3 heterocycles. The lowest BCUT2D eigenvalue weighted by atomic mass is 10.3. The van der Waals surface area contributed by atoms with Gasteiger partial charge in [-0.05, 0) is 11.4 Å². The van der Waals surface area contributed by atoms with Crippen molar-refractivity contribution < 1.29 is 17.1 Å². The Labute approximate surface area is 118 Å². The topological polar surface area (TPSA) is 83.1 Å². The Morgan fingerprint density at radius 3 is 2.90 bits per heavy atom. The highest BCUT2D eigenvalue weighted by Gasteiger charge is 2.39. The number of anilines is 1. The van der Waals surface area contributed by atoms with Crippen molar-refractivity contribution in [2.45, 2.75) is 11.7 Å². The third-order valence-electron chi connectivity index (χ3n) is 3.12. The maximum absolute atomic E-state index is 13.0. The van der Waals surface area contributed by atoms with Crippen LogP contribution in [0.3, 0.4) is 0 Å². The molecular formula is C11H10FN3O3S2. The molecule has 0 aliphatic carbocycles. The van der Waals surface area contributed by atoms with Crippen molar-refractivity contribution in [3.8, 4) is 10.6 Å². The van der Waals surface area contributed by atoms with Gasteiger partial charge >= 0.3 is 10.2 Å². The third-order valence-corrected chi connectivity index (χ3v) is 5.13. The van der Waals surface area contributed by atoms with E-state index in [1.165, 1.54) is 16.2 Å². The fourth-order valence-electron chi connectivity index (χ4n) is 2.09. The fourth-order valence-corrected chi connectivity index (χ4v) is 3.45. The summed E-state index contributed by atoms with van der Waals surface area (Å²) in [7, 11) is -4.71. The Morgan fingerprint density at radius 1 is 1.50 bits per heavy atom. The highest BCUT2D eigenvalue weighted by atomic mass is 32.3. The van der Waals surface area contributed by atoms with Gasteiger partial charge in [0.2, 0.25) is 5.91 Å². The predicted molar refractivity (Wildman–Crippen MR) is 72.7 cm³/mol. The van der Waals surface area contributed by atoms with Crippen LogP contribution in [0.25, 0.3) is 10.6 Å². The number of H-pyrrole nitrogens is 1. The molecule has 1 fully saturated rings. The first-order chi connectivity index (χ1) is 9.45. The molecule has 1 atom stereocenters. The highest BCUT2D eigenvalue weighted by Crippen LogP contribution is 2.29. The van der Waals surface area contributed by atoms with Gasteiger partial charge in [0.1, 0.15) is 5.25 Å². The van der Waals surface area contributed by atoms with Gasteiger partial charge < -0.3 is 0 Å². The lowest BCUT2D eigenvalue weighted by molar-refractivity contribution is -0.117. The van der Waals surface area contributed by atoms with Gasteiger partial charge in [-0.25, -0.2) is 0 Å². The molecule has 1 saturated heterocycles. The number of nitrogens with one attached hydrogen (secondary N) is 1. The second-order valence-corrected chi connectivity index (χ2v) is 6.99. The van der Waals surface area contributed by atoms with E-state index in [1.54, 1.807) is 6.07 Å². The summed E-state index contributed by atoms with van der Waals surface area (Å²) in [6.45, 7) is -0.202. The first-order valence-corrected chi connectivity index (χ1v) is 8.11. The molecule has 1 aliphatic heterocycles. The number of amides is 1. The van der Waals surface area contributed by atoms with Crippen LogP contribution in [0, 0.1) is 0 Å². The van der Waals surface area contributed by atoms with E-state index in [0.29, 0.717) is 5.82 Å². The zero-order valence-corrected chi connectivity index (χ0v) is 11.7. The van der Waals surface area contributed by atoms with Crippen LogP contribution in [-0.4, -0.2) is 36.3 Å². The number of rotatable bonds is 3. The Bertz CT molecular complexity index is 739. The molecule has 20 heavy (non-hydrogen) atoms. The number of nitrogens with zero attached hydrogens (tertiary/aromatic N) is 2. The first-order valence-electron chi connectivity index (χ1n) is 5.78. The van der Waals surface area contributed by atoms with Crippen LogP contribution in [-0.2, 0) is 15.0 Å². The average molecular weight is 315 g/mol. The minimum absolute atomic E-state index is 0.202. The molecule has 1 amide bonds. The number of carbonyl (C=O) groups is 1. The standard InChI is InChI=1S/C11H10FN3O3S2/c12-20(17,18)7-4-11(16)15(6-7)10-5-8(13-14-10)9-2-1-3-19-9/h1-3,5,7H,4,6H2,(H,13,14). The maximum atomic E-state index is 13.0. The lowest BCUT2D eigenvalue weighted by Gasteiger charge is -2.11. The lowest BCUT2D eigenvalue weighted by Crippen LogP contribution is -2.27. The van der Waals surface area contributed by atoms with E-state index in [-0.39, 0.29) is 13.0 Å². The minimum Gasteiger partial charge on any atom is -0.294 e. The molecule has 9 heteroatoms. The number of aromatic amines is 1. The molecule has 0 aromatic carbocycles. The van der Waals surface area contributed by atoms with Gasteiger partial charge in [-0.15, -0.1) is 15.2 Å². The van der Waals surface area contributed by atoms with E-state index in [9.17, 15) is 17.1 Å². The third kappa shape index (κ3) is 2.34. The second-order valence-electron chi connectivity index (χ2n) is 4.42. The smallest absolute Gasteiger partial charge is 0.294 e. The van der Waals surface area contributed by atoms with E-state index in [1.807, 2.05) is 17.5 Å². The second kappa shape index (κ2) is 4.67. The number of halogens is 1. The Hall–Kier alpha value is -1.74. The summed E-state index contributed by atoms with van der Waals surface area (Å²) in [4.78, 5) is 13.9. The summed E-state index contributed by atoms with van der Waals surface area (Å²) < 4.78 is 34.7. The summed E-state index contributed by atoms with van der Waals surface area (Å²) >= 11 is 1.51. The van der Waals surface area contributed by atoms with E-state index in [4.69, 9.17) is 0 Å². The van der Waals surface area contributed by atoms with Crippen molar-refractivity contribution in [2.24, 2.45) is 0 Å². The van der Waals surface area contributed by atoms with Crippen LogP contribution in [0.5, 0.6) is 0 Å². The summed E-state index contributed by atoms with van der Waals surface area (Å²) in [5.41, 5.74) is 0.731. The SMILES string of the molecule is O=C1CC(S(=O)(=O)F)CN1c1cc(-c2cccs2)[nH]n1. The largest absolute Gasteiger partial charge is 0.307 e. The number of hydrogen-bond donors (Lipinski definition) is 1. The van der Waals surface area contributed by atoms with Crippen LogP contribution >= 0.6 is 11.3 Å². The summed E-state index contributed by atoms with van der Waals surface area (Å²) in [5, 5.41) is 7.37. The van der Waals surface area contributed by atoms with Crippen LogP contribution < -0.4 is 4.90 Å². The molecule has 3 rings (SSSR count). The zero-order valence-electron chi connectivity index (χ0n) is 10.1. The quantitative estimate of drug-likeness (QED) is 0.871. The molecular weight excluding hydrogens is 305 g/mol. The molecule has 6 nitrogen and oxygen atoms in total. The first kappa shape index (κ1) is 13.3. The van der Waals surface area contributed by atoms with Crippen molar-refractivity contribution in [1.82, 2.24) is 10.2 Å². The molecule has 1 N–H and O–H groups in total. The van der Waals surface area contributed by atoms with E-state index in [2.05, 4.69) is 10.2 Å². The summed E-state index contributed by atoms with van der Waals surface area (Å²) in [6, 6.07) is 5.42. The normalized spacial score (nSPS) is 19.8. The zero-order chi connectivity index (χ0) is 14.3. The van der Waals surface area contributed by atoms with Gasteiger partial charge in [-0.1, -0.05) is 6.07 Å². The molecule has 1 unspecified atom stereocenters. The van der Waals surface area contributed by atoms with Gasteiger partial charge in [-0.3, -0.25) is 14.8 Å². The van der Waals surface area contributed by atoms with Gasteiger partial charge in [0.25, 0.3) is 0 Å². The van der Waals surface area contributed by atoms with Crippen molar-refractivity contribution in [3.05, 3.63) is 23.6 Å². The van der Waals surface area contributed by atoms with Crippen molar-refractivity contribution in [2.75, 3.05) is 11.4 Å². The van der Waals surface area contributed by atoms with Crippen LogP contribution in [0.1, 0.15) is 6.42 Å². The Morgan fingerprint density at radius 2 is 2.30 bits per heavy atom. The molecule has 0 bridgehead atoms. The number of aromatic nitrogens is 2. The van der Waals surface area contributed by atoms with Crippen LogP contribution in [0.2, 0.25) is 0 Å². The van der Waals surface area contributed by atoms with Crippen molar-refractivity contribution >= 4 is 33.3 Å². The van der Waals surface area contributed by atoms with Crippen molar-refractivity contribution in [3.63, 3.8) is 0 Å². The van der Waals surface area contributed by atoms with Crippen molar-refractivity contribution in [1.29, 1.82) is 0 Å². The molecule has 2 aromatic heterocycles. The van der Waals surface area contributed by atoms with Crippen LogP contribution in [0.4, 0.5) is 9.70 Å². The maximum Gasteiger partial charge on any atom is 0.307 e. The average Bonchev–Trinajstić information content (AvgIpc) is 3.06. The summed E-state index contributed by atoms with van der Waals surface area (Å²) in [6.07, 6.45) is -0.347. The molecule has 0 saturated carbocycles. The van der Waals surface area contributed by atoms with E-state index < -0.39 is 21.4 Å². The molecule has 106 valence electrons. The van der Waals surface area contributed by atoms with E-state index >= 15 is 0 Å². The summed E-state index contributed by atoms with van der Waals surface area (Å²) in [5.74, 6) is -0.134. The van der Waals surface area contributed by atoms with Gasteiger partial charge in [0.05, 0.1) is 10.6 Å².